The minimum absolute atomic E-state index is 0.0434. The summed E-state index contributed by atoms with van der Waals surface area (Å²) in [5.41, 5.74) is 1.74. The highest BCUT2D eigenvalue weighted by atomic mass is 16.6. The van der Waals surface area contributed by atoms with Crippen molar-refractivity contribution in [1.82, 2.24) is 0 Å². The normalized spacial score (nSPS) is 12.1. The zero-order valence-corrected chi connectivity index (χ0v) is 9.69. The van der Waals surface area contributed by atoms with Crippen molar-refractivity contribution in [2.45, 2.75) is 5.92 Å². The van der Waals surface area contributed by atoms with E-state index in [0.717, 1.165) is 11.1 Å². The van der Waals surface area contributed by atoms with E-state index in [1.807, 2.05) is 30.3 Å². The fraction of sp³-hybridized carbons (Fsp3) is 0.143. The molecule has 18 heavy (non-hydrogen) atoms. The van der Waals surface area contributed by atoms with Crippen LogP contribution in [0.5, 0.6) is 0 Å². The first-order valence-electron chi connectivity index (χ1n) is 5.62. The van der Waals surface area contributed by atoms with Crippen LogP contribution in [0, 0.1) is 10.1 Å². The number of non-ortho nitro benzene ring substituents is 1. The quantitative estimate of drug-likeness (QED) is 0.663. The van der Waals surface area contributed by atoms with E-state index in [1.165, 1.54) is 12.1 Å². The van der Waals surface area contributed by atoms with Crippen molar-refractivity contribution in [3.8, 4) is 0 Å². The lowest BCUT2D eigenvalue weighted by molar-refractivity contribution is -0.384. The fourth-order valence-corrected chi connectivity index (χ4v) is 1.94. The molecule has 0 aliphatic carbocycles. The van der Waals surface area contributed by atoms with Crippen LogP contribution in [-0.2, 0) is 0 Å². The minimum Gasteiger partial charge on any atom is -0.395 e. The lowest BCUT2D eigenvalue weighted by atomic mass is 9.92. The second-order valence-corrected chi connectivity index (χ2v) is 4.00. The van der Waals surface area contributed by atoms with Gasteiger partial charge in [-0.3, -0.25) is 10.1 Å². The van der Waals surface area contributed by atoms with E-state index in [2.05, 4.69) is 0 Å². The Bertz CT molecular complexity index is 540. The Kier molecular flexibility index (Phi) is 3.69. The van der Waals surface area contributed by atoms with Crippen molar-refractivity contribution in [1.29, 1.82) is 0 Å². The molecule has 2 aromatic rings. The Hall–Kier alpha value is -2.20. The monoisotopic (exact) mass is 243 g/mol. The summed E-state index contributed by atoms with van der Waals surface area (Å²) in [7, 11) is 0. The van der Waals surface area contributed by atoms with Crippen LogP contribution >= 0.6 is 0 Å². The van der Waals surface area contributed by atoms with Gasteiger partial charge >= 0.3 is 0 Å². The van der Waals surface area contributed by atoms with Crippen LogP contribution in [0.25, 0.3) is 0 Å². The SMILES string of the molecule is O=[N+]([O-])c1cccc(C(CO)c2ccccc2)c1. The predicted molar refractivity (Wildman–Crippen MR) is 68.5 cm³/mol. The average Bonchev–Trinajstić information content (AvgIpc) is 2.41. The van der Waals surface area contributed by atoms with Crippen LogP contribution in [0.4, 0.5) is 5.69 Å². The van der Waals surface area contributed by atoms with Crippen LogP contribution in [-0.4, -0.2) is 16.6 Å². The Morgan fingerprint density at radius 2 is 1.72 bits per heavy atom. The zero-order chi connectivity index (χ0) is 13.0. The molecular formula is C14H13NO3. The number of rotatable bonds is 4. The third-order valence-electron chi connectivity index (χ3n) is 2.87. The van der Waals surface area contributed by atoms with Crippen molar-refractivity contribution in [2.75, 3.05) is 6.61 Å². The maximum absolute atomic E-state index is 10.7. The number of hydrogen-bond donors (Lipinski definition) is 1. The highest BCUT2D eigenvalue weighted by Crippen LogP contribution is 2.26. The maximum atomic E-state index is 10.7. The molecule has 0 aliphatic heterocycles. The number of aliphatic hydroxyl groups excluding tert-OH is 1. The summed E-state index contributed by atoms with van der Waals surface area (Å²) in [5, 5.41) is 20.2. The molecule has 0 saturated carbocycles. The van der Waals surface area contributed by atoms with Crippen LogP contribution < -0.4 is 0 Å². The Balaban J connectivity index is 2.39. The molecule has 2 aromatic carbocycles. The third kappa shape index (κ3) is 2.55. The van der Waals surface area contributed by atoms with Gasteiger partial charge in [-0.1, -0.05) is 42.5 Å². The van der Waals surface area contributed by atoms with Crippen LogP contribution in [0.15, 0.2) is 54.6 Å². The molecule has 0 amide bonds. The van der Waals surface area contributed by atoms with Gasteiger partial charge in [-0.05, 0) is 11.1 Å². The van der Waals surface area contributed by atoms with Gasteiger partial charge in [0.1, 0.15) is 0 Å². The van der Waals surface area contributed by atoms with Gasteiger partial charge in [0.2, 0.25) is 0 Å². The van der Waals surface area contributed by atoms with E-state index in [9.17, 15) is 15.2 Å². The van der Waals surface area contributed by atoms with Gasteiger partial charge in [0.05, 0.1) is 11.5 Å². The van der Waals surface area contributed by atoms with Crippen molar-refractivity contribution < 1.29 is 10.0 Å². The Morgan fingerprint density at radius 1 is 1.06 bits per heavy atom. The molecule has 0 bridgehead atoms. The maximum Gasteiger partial charge on any atom is 0.269 e. The van der Waals surface area contributed by atoms with Gasteiger partial charge in [0.15, 0.2) is 0 Å². The van der Waals surface area contributed by atoms with Crippen LogP contribution in [0.3, 0.4) is 0 Å². The molecule has 1 unspecified atom stereocenters. The smallest absolute Gasteiger partial charge is 0.269 e. The summed E-state index contributed by atoms with van der Waals surface area (Å²) in [5.74, 6) is -0.230. The minimum atomic E-state index is -0.428. The number of nitrogens with zero attached hydrogens (tertiary/aromatic N) is 1. The molecule has 2 rings (SSSR count). The Labute approximate surface area is 105 Å². The summed E-state index contributed by atoms with van der Waals surface area (Å²) in [4.78, 5) is 10.3. The summed E-state index contributed by atoms with van der Waals surface area (Å²) in [6.07, 6.45) is 0. The second-order valence-electron chi connectivity index (χ2n) is 4.00. The standard InChI is InChI=1S/C14H13NO3/c16-10-14(11-5-2-1-3-6-11)12-7-4-8-13(9-12)15(17)18/h1-9,14,16H,10H2. The first kappa shape index (κ1) is 12.3. The molecule has 0 aromatic heterocycles. The molecule has 92 valence electrons. The number of aliphatic hydroxyl groups is 1. The summed E-state index contributed by atoms with van der Waals surface area (Å²) in [6.45, 7) is -0.0782. The number of hydrogen-bond acceptors (Lipinski definition) is 3. The fourth-order valence-electron chi connectivity index (χ4n) is 1.94. The topological polar surface area (TPSA) is 63.4 Å². The van der Waals surface area contributed by atoms with E-state index in [1.54, 1.807) is 12.1 Å². The predicted octanol–water partition coefficient (Wildman–Crippen LogP) is 2.72. The van der Waals surface area contributed by atoms with E-state index in [-0.39, 0.29) is 18.2 Å². The first-order chi connectivity index (χ1) is 8.72. The molecule has 4 heteroatoms. The molecular weight excluding hydrogens is 230 g/mol. The van der Waals surface area contributed by atoms with Crippen molar-refractivity contribution in [2.24, 2.45) is 0 Å². The summed E-state index contributed by atoms with van der Waals surface area (Å²) < 4.78 is 0. The number of nitro groups is 1. The van der Waals surface area contributed by atoms with Gasteiger partial charge in [0, 0.05) is 18.1 Å². The number of nitro benzene ring substituents is 1. The average molecular weight is 243 g/mol. The highest BCUT2D eigenvalue weighted by molar-refractivity contribution is 5.40. The highest BCUT2D eigenvalue weighted by Gasteiger charge is 2.15. The van der Waals surface area contributed by atoms with E-state index in [4.69, 9.17) is 0 Å². The van der Waals surface area contributed by atoms with Gasteiger partial charge in [-0.2, -0.15) is 0 Å². The van der Waals surface area contributed by atoms with Crippen molar-refractivity contribution >= 4 is 5.69 Å². The van der Waals surface area contributed by atoms with E-state index >= 15 is 0 Å². The summed E-state index contributed by atoms with van der Waals surface area (Å²) >= 11 is 0. The van der Waals surface area contributed by atoms with E-state index in [0.29, 0.717) is 0 Å². The third-order valence-corrected chi connectivity index (χ3v) is 2.87. The number of benzene rings is 2. The molecule has 1 atom stereocenters. The van der Waals surface area contributed by atoms with E-state index < -0.39 is 4.92 Å². The lowest BCUT2D eigenvalue weighted by Gasteiger charge is -2.14. The molecule has 0 saturated heterocycles. The largest absolute Gasteiger partial charge is 0.395 e. The molecule has 0 fully saturated rings. The molecule has 0 aliphatic rings. The molecule has 0 heterocycles. The van der Waals surface area contributed by atoms with Gasteiger partial charge in [-0.15, -0.1) is 0 Å². The first-order valence-corrected chi connectivity index (χ1v) is 5.62. The van der Waals surface area contributed by atoms with Crippen molar-refractivity contribution in [3.63, 3.8) is 0 Å². The summed E-state index contributed by atoms with van der Waals surface area (Å²) in [6, 6.07) is 15.9. The second kappa shape index (κ2) is 5.42. The van der Waals surface area contributed by atoms with Crippen LogP contribution in [0.1, 0.15) is 17.0 Å². The lowest BCUT2D eigenvalue weighted by Crippen LogP contribution is -2.06. The Morgan fingerprint density at radius 3 is 2.33 bits per heavy atom. The van der Waals surface area contributed by atoms with Gasteiger partial charge in [0.25, 0.3) is 5.69 Å². The zero-order valence-electron chi connectivity index (χ0n) is 9.69. The van der Waals surface area contributed by atoms with Crippen LogP contribution in [0.2, 0.25) is 0 Å². The molecule has 4 nitrogen and oxygen atoms in total. The molecule has 0 radical (unpaired) electrons. The molecule has 0 spiro atoms. The van der Waals surface area contributed by atoms with Gasteiger partial charge < -0.3 is 5.11 Å². The van der Waals surface area contributed by atoms with Gasteiger partial charge in [-0.25, -0.2) is 0 Å². The van der Waals surface area contributed by atoms with Crippen molar-refractivity contribution in [3.05, 3.63) is 75.8 Å². The molecule has 1 N–H and O–H groups in total.